The lowest BCUT2D eigenvalue weighted by molar-refractivity contribution is 0.00510. The minimum atomic E-state index is 0.371. The van der Waals surface area contributed by atoms with Crippen LogP contribution in [0.2, 0.25) is 0 Å². The molecule has 0 aromatic carbocycles. The van der Waals surface area contributed by atoms with Crippen LogP contribution in [0.4, 0.5) is 0 Å². The van der Waals surface area contributed by atoms with E-state index in [2.05, 4.69) is 0 Å². The van der Waals surface area contributed by atoms with Gasteiger partial charge in [0.05, 0.1) is 6.61 Å². The zero-order valence-electron chi connectivity index (χ0n) is 7.52. The fourth-order valence-corrected chi connectivity index (χ4v) is 2.06. The van der Waals surface area contributed by atoms with E-state index < -0.39 is 0 Å². The van der Waals surface area contributed by atoms with Crippen LogP contribution in [0, 0.1) is 11.3 Å². The monoisotopic (exact) mass is 188 g/mol. The van der Waals surface area contributed by atoms with E-state index in [-0.39, 0.29) is 0 Å². The van der Waals surface area contributed by atoms with E-state index in [0.29, 0.717) is 5.41 Å². The lowest BCUT2D eigenvalue weighted by Gasteiger charge is -2.39. The third-order valence-electron chi connectivity index (χ3n) is 3.16. The van der Waals surface area contributed by atoms with Gasteiger partial charge < -0.3 is 4.74 Å². The zero-order chi connectivity index (χ0) is 8.44. The van der Waals surface area contributed by atoms with Gasteiger partial charge in [-0.25, -0.2) is 0 Å². The Hall–Kier alpha value is 0.250. The minimum absolute atomic E-state index is 0.371. The van der Waals surface area contributed by atoms with Gasteiger partial charge in [0.2, 0.25) is 0 Å². The number of rotatable bonds is 5. The van der Waals surface area contributed by atoms with E-state index in [1.54, 1.807) is 0 Å². The molecule has 0 aromatic heterocycles. The van der Waals surface area contributed by atoms with Crippen molar-refractivity contribution in [1.29, 1.82) is 0 Å². The third-order valence-corrected chi connectivity index (χ3v) is 3.72. The Bertz CT molecular complexity index is 144. The van der Waals surface area contributed by atoms with E-state index in [9.17, 15) is 0 Å². The topological polar surface area (TPSA) is 9.23 Å². The fraction of sp³-hybridized carbons (Fsp3) is 1.00. The predicted molar refractivity (Wildman–Crippen MR) is 50.5 cm³/mol. The zero-order valence-corrected chi connectivity index (χ0v) is 8.28. The van der Waals surface area contributed by atoms with Crippen LogP contribution in [0.1, 0.15) is 32.1 Å². The molecule has 0 aliphatic heterocycles. The van der Waals surface area contributed by atoms with Crippen LogP contribution in [0.15, 0.2) is 0 Å². The van der Waals surface area contributed by atoms with Crippen LogP contribution < -0.4 is 0 Å². The average molecular weight is 189 g/mol. The largest absolute Gasteiger partial charge is 0.381 e. The molecule has 0 unspecified atom stereocenters. The molecule has 0 heterocycles. The van der Waals surface area contributed by atoms with Crippen molar-refractivity contribution in [2.24, 2.45) is 11.3 Å². The van der Waals surface area contributed by atoms with Crippen LogP contribution in [-0.4, -0.2) is 19.1 Å². The summed E-state index contributed by atoms with van der Waals surface area (Å²) in [5.74, 6) is 1.68. The molecule has 0 aromatic rings. The van der Waals surface area contributed by atoms with Crippen molar-refractivity contribution in [3.05, 3.63) is 0 Å². The highest BCUT2D eigenvalue weighted by molar-refractivity contribution is 6.18. The van der Waals surface area contributed by atoms with Crippen LogP contribution in [0.25, 0.3) is 0 Å². The first kappa shape index (κ1) is 8.83. The number of hydrogen-bond donors (Lipinski definition) is 0. The smallest absolute Gasteiger partial charge is 0.0533 e. The fourth-order valence-electron chi connectivity index (χ4n) is 1.72. The Balaban J connectivity index is 1.62. The summed E-state index contributed by atoms with van der Waals surface area (Å²) in [5, 5.41) is 0. The molecule has 70 valence electrons. The van der Waals surface area contributed by atoms with Crippen molar-refractivity contribution in [3.8, 4) is 0 Å². The van der Waals surface area contributed by atoms with Gasteiger partial charge in [-0.15, -0.1) is 11.6 Å². The van der Waals surface area contributed by atoms with Gasteiger partial charge in [-0.05, 0) is 31.6 Å². The molecular formula is C10H17ClO. The first-order valence-corrected chi connectivity index (χ1v) is 5.52. The van der Waals surface area contributed by atoms with Gasteiger partial charge >= 0.3 is 0 Å². The Morgan fingerprint density at radius 1 is 1.33 bits per heavy atom. The van der Waals surface area contributed by atoms with Crippen molar-refractivity contribution >= 4 is 11.6 Å². The first-order valence-electron chi connectivity index (χ1n) is 4.98. The molecule has 0 N–H and O–H groups in total. The Kier molecular flexibility index (Phi) is 2.61. The molecule has 2 aliphatic carbocycles. The van der Waals surface area contributed by atoms with Gasteiger partial charge in [0.1, 0.15) is 0 Å². The molecule has 0 bridgehead atoms. The third kappa shape index (κ3) is 1.94. The van der Waals surface area contributed by atoms with Crippen LogP contribution in [0.3, 0.4) is 0 Å². The highest BCUT2D eigenvalue weighted by Gasteiger charge is 2.36. The number of hydrogen-bond acceptors (Lipinski definition) is 1. The van der Waals surface area contributed by atoms with E-state index in [4.69, 9.17) is 16.3 Å². The van der Waals surface area contributed by atoms with Crippen molar-refractivity contribution in [3.63, 3.8) is 0 Å². The maximum Gasteiger partial charge on any atom is 0.0533 e. The van der Waals surface area contributed by atoms with Crippen LogP contribution >= 0.6 is 11.6 Å². The number of ether oxygens (including phenoxy) is 1. The van der Waals surface area contributed by atoms with Gasteiger partial charge in [0.15, 0.2) is 0 Å². The summed E-state index contributed by atoms with van der Waals surface area (Å²) in [4.78, 5) is 0. The lowest BCUT2D eigenvalue weighted by Crippen LogP contribution is -2.36. The van der Waals surface area contributed by atoms with E-state index in [1.165, 1.54) is 32.1 Å². The summed E-state index contributed by atoms with van der Waals surface area (Å²) < 4.78 is 5.67. The average Bonchev–Trinajstić information content (AvgIpc) is 2.78. The molecular weight excluding hydrogens is 172 g/mol. The molecule has 1 nitrogen and oxygen atoms in total. The lowest BCUT2D eigenvalue weighted by atomic mass is 9.71. The van der Waals surface area contributed by atoms with Crippen molar-refractivity contribution in [1.82, 2.24) is 0 Å². The summed E-state index contributed by atoms with van der Waals surface area (Å²) in [6.45, 7) is 1.89. The normalized spacial score (nSPS) is 26.8. The quantitative estimate of drug-likeness (QED) is 0.603. The maximum absolute atomic E-state index is 5.91. The van der Waals surface area contributed by atoms with E-state index in [1.807, 2.05) is 0 Å². The van der Waals surface area contributed by atoms with Crippen LogP contribution in [-0.2, 0) is 4.74 Å². The van der Waals surface area contributed by atoms with E-state index >= 15 is 0 Å². The SMILES string of the molecule is ClCC1(COCC2CC2)CCC1. The maximum atomic E-state index is 5.91. The standard InChI is InChI=1S/C10H17ClO/c11-7-10(4-1-5-10)8-12-6-9-2-3-9/h9H,1-8H2. The number of halogens is 1. The van der Waals surface area contributed by atoms with E-state index in [0.717, 1.165) is 25.0 Å². The summed E-state index contributed by atoms with van der Waals surface area (Å²) in [5.41, 5.74) is 0.371. The molecule has 2 heteroatoms. The predicted octanol–water partition coefficient (Wildman–Crippen LogP) is 2.82. The van der Waals surface area contributed by atoms with Crippen molar-refractivity contribution in [2.75, 3.05) is 19.1 Å². The molecule has 0 amide bonds. The molecule has 2 rings (SSSR count). The summed E-state index contributed by atoms with van der Waals surface area (Å²) in [6, 6.07) is 0. The Morgan fingerprint density at radius 3 is 2.50 bits per heavy atom. The first-order chi connectivity index (χ1) is 5.85. The highest BCUT2D eigenvalue weighted by atomic mass is 35.5. The number of alkyl halides is 1. The molecule has 2 aliphatic rings. The molecule has 0 radical (unpaired) electrons. The summed E-state index contributed by atoms with van der Waals surface area (Å²) in [7, 11) is 0. The van der Waals surface area contributed by atoms with Gasteiger partial charge in [-0.3, -0.25) is 0 Å². The molecule has 2 saturated carbocycles. The van der Waals surface area contributed by atoms with Gasteiger partial charge in [0.25, 0.3) is 0 Å². The van der Waals surface area contributed by atoms with Crippen LogP contribution in [0.5, 0.6) is 0 Å². The second-order valence-electron chi connectivity index (χ2n) is 4.45. The molecule has 2 fully saturated rings. The molecule has 0 spiro atoms. The summed E-state index contributed by atoms with van der Waals surface area (Å²) in [6.07, 6.45) is 6.67. The Labute approximate surface area is 79.4 Å². The highest BCUT2D eigenvalue weighted by Crippen LogP contribution is 2.42. The Morgan fingerprint density at radius 2 is 2.08 bits per heavy atom. The van der Waals surface area contributed by atoms with Gasteiger partial charge in [-0.2, -0.15) is 0 Å². The second-order valence-corrected chi connectivity index (χ2v) is 4.71. The van der Waals surface area contributed by atoms with Gasteiger partial charge in [-0.1, -0.05) is 6.42 Å². The van der Waals surface area contributed by atoms with Crippen molar-refractivity contribution < 1.29 is 4.74 Å². The molecule has 0 atom stereocenters. The second kappa shape index (κ2) is 3.55. The van der Waals surface area contributed by atoms with Crippen molar-refractivity contribution in [2.45, 2.75) is 32.1 Å². The minimum Gasteiger partial charge on any atom is -0.381 e. The molecule has 12 heavy (non-hydrogen) atoms. The molecule has 0 saturated heterocycles. The summed E-state index contributed by atoms with van der Waals surface area (Å²) >= 11 is 5.91. The van der Waals surface area contributed by atoms with Gasteiger partial charge in [0, 0.05) is 17.9 Å².